The van der Waals surface area contributed by atoms with Crippen molar-refractivity contribution in [3.05, 3.63) is 34.3 Å². The number of nitrogens with one attached hydrogen (secondary N) is 1. The van der Waals surface area contributed by atoms with E-state index in [0.29, 0.717) is 12.1 Å². The normalized spacial score (nSPS) is 19.5. The van der Waals surface area contributed by atoms with Crippen molar-refractivity contribution in [1.29, 1.82) is 0 Å². The first-order valence-corrected chi connectivity index (χ1v) is 9.57. The number of carbonyl (C=O) groups is 1. The number of likely N-dealkylation sites (tertiary alicyclic amines) is 1. The highest BCUT2D eigenvalue weighted by Crippen LogP contribution is 2.23. The zero-order valence-electron chi connectivity index (χ0n) is 11.9. The molecule has 0 aromatic heterocycles. The van der Waals surface area contributed by atoms with E-state index < -0.39 is 10.0 Å². The van der Waals surface area contributed by atoms with Gasteiger partial charge in [-0.15, -0.1) is 0 Å². The fourth-order valence-electron chi connectivity index (χ4n) is 2.52. The predicted octanol–water partition coefficient (Wildman–Crippen LogP) is 1.99. The van der Waals surface area contributed by atoms with Crippen LogP contribution >= 0.6 is 15.9 Å². The van der Waals surface area contributed by atoms with Gasteiger partial charge in [0.1, 0.15) is 0 Å². The van der Waals surface area contributed by atoms with Crippen molar-refractivity contribution in [3.8, 4) is 0 Å². The maximum absolute atomic E-state index is 12.7. The Morgan fingerprint density at radius 2 is 2.10 bits per heavy atom. The molecule has 0 saturated carbocycles. The number of piperidine rings is 1. The lowest BCUT2D eigenvalue weighted by atomic mass is 10.0. The Hall–Kier alpha value is -0.920. The van der Waals surface area contributed by atoms with Crippen molar-refractivity contribution in [2.75, 3.05) is 19.3 Å². The third-order valence-electron chi connectivity index (χ3n) is 3.57. The highest BCUT2D eigenvalue weighted by atomic mass is 79.9. The average Bonchev–Trinajstić information content (AvgIpc) is 2.44. The first-order valence-electron chi connectivity index (χ1n) is 6.88. The van der Waals surface area contributed by atoms with E-state index in [0.717, 1.165) is 30.0 Å². The van der Waals surface area contributed by atoms with Crippen LogP contribution in [0.25, 0.3) is 0 Å². The molecule has 1 aromatic rings. The minimum absolute atomic E-state index is 0.0533. The van der Waals surface area contributed by atoms with Crippen LogP contribution in [0.1, 0.15) is 29.6 Å². The molecular formula is C14H19BrN2O3S. The molecule has 1 N–H and O–H groups in total. The van der Waals surface area contributed by atoms with Gasteiger partial charge in [0.2, 0.25) is 10.0 Å². The lowest BCUT2D eigenvalue weighted by Gasteiger charge is -2.36. The average molecular weight is 375 g/mol. The Morgan fingerprint density at radius 1 is 1.38 bits per heavy atom. The third kappa shape index (κ3) is 4.52. The van der Waals surface area contributed by atoms with Crippen molar-refractivity contribution in [3.63, 3.8) is 0 Å². The van der Waals surface area contributed by atoms with Crippen LogP contribution < -0.4 is 4.72 Å². The molecule has 1 aliphatic heterocycles. The molecule has 1 atom stereocenters. The Labute approximate surface area is 133 Å². The summed E-state index contributed by atoms with van der Waals surface area (Å²) in [5.41, 5.74) is 0.615. The molecular weight excluding hydrogens is 356 g/mol. The first kappa shape index (κ1) is 16.5. The monoisotopic (exact) mass is 374 g/mol. The molecule has 21 heavy (non-hydrogen) atoms. The Morgan fingerprint density at radius 3 is 2.76 bits per heavy atom. The van der Waals surface area contributed by atoms with Crippen molar-refractivity contribution < 1.29 is 13.2 Å². The molecule has 0 aliphatic carbocycles. The van der Waals surface area contributed by atoms with E-state index in [2.05, 4.69) is 20.7 Å². The second-order valence-electron chi connectivity index (χ2n) is 5.25. The predicted molar refractivity (Wildman–Crippen MR) is 85.7 cm³/mol. The third-order valence-corrected chi connectivity index (χ3v) is 4.96. The number of benzene rings is 1. The molecule has 0 radical (unpaired) electrons. The molecule has 1 saturated heterocycles. The van der Waals surface area contributed by atoms with Gasteiger partial charge in [0.05, 0.1) is 11.8 Å². The van der Waals surface area contributed by atoms with Gasteiger partial charge in [-0.05, 0) is 47.3 Å². The lowest BCUT2D eigenvalue weighted by molar-refractivity contribution is 0.0618. The topological polar surface area (TPSA) is 66.5 Å². The van der Waals surface area contributed by atoms with E-state index >= 15 is 0 Å². The highest BCUT2D eigenvalue weighted by Gasteiger charge is 2.28. The largest absolute Gasteiger partial charge is 0.334 e. The van der Waals surface area contributed by atoms with Crippen LogP contribution in [0.15, 0.2) is 28.7 Å². The summed E-state index contributed by atoms with van der Waals surface area (Å²) in [4.78, 5) is 14.5. The van der Waals surface area contributed by atoms with Gasteiger partial charge in [-0.2, -0.15) is 0 Å². The van der Waals surface area contributed by atoms with Gasteiger partial charge in [0.25, 0.3) is 5.91 Å². The number of sulfonamides is 1. The molecule has 2 rings (SSSR count). The summed E-state index contributed by atoms with van der Waals surface area (Å²) in [5.74, 6) is -0.0533. The quantitative estimate of drug-likeness (QED) is 0.876. The Kier molecular flexibility index (Phi) is 5.40. The fraction of sp³-hybridized carbons (Fsp3) is 0.500. The smallest absolute Gasteiger partial charge is 0.255 e. The standard InChI is InChI=1S/C14H19BrN2O3S/c1-21(19,20)16-10-11-6-4-5-9-17(11)14(18)12-7-2-3-8-13(12)15/h2-3,7-8,11,16H,4-6,9-10H2,1H3. The maximum atomic E-state index is 12.7. The van der Waals surface area contributed by atoms with Gasteiger partial charge < -0.3 is 4.90 Å². The van der Waals surface area contributed by atoms with Gasteiger partial charge in [-0.3, -0.25) is 4.79 Å². The molecule has 116 valence electrons. The Bertz CT molecular complexity index is 618. The number of halogens is 1. The van der Waals surface area contributed by atoms with Crippen molar-refractivity contribution in [2.45, 2.75) is 25.3 Å². The van der Waals surface area contributed by atoms with Crippen molar-refractivity contribution in [2.24, 2.45) is 0 Å². The fourth-order valence-corrected chi connectivity index (χ4v) is 3.47. The van der Waals surface area contributed by atoms with Crippen LogP contribution in [0, 0.1) is 0 Å². The van der Waals surface area contributed by atoms with Gasteiger partial charge in [-0.1, -0.05) is 12.1 Å². The number of amides is 1. The highest BCUT2D eigenvalue weighted by molar-refractivity contribution is 9.10. The first-order chi connectivity index (χ1) is 9.88. The van der Waals surface area contributed by atoms with Gasteiger partial charge in [0, 0.05) is 23.6 Å². The molecule has 1 aliphatic rings. The molecule has 1 unspecified atom stereocenters. The zero-order chi connectivity index (χ0) is 15.5. The van der Waals surface area contributed by atoms with E-state index in [-0.39, 0.29) is 18.5 Å². The van der Waals surface area contributed by atoms with Gasteiger partial charge in [0.15, 0.2) is 0 Å². The van der Waals surface area contributed by atoms with Crippen LogP contribution in [0.5, 0.6) is 0 Å². The number of rotatable bonds is 4. The lowest BCUT2D eigenvalue weighted by Crippen LogP contribution is -2.49. The van der Waals surface area contributed by atoms with Crippen molar-refractivity contribution >= 4 is 31.9 Å². The molecule has 1 heterocycles. The summed E-state index contributed by atoms with van der Waals surface area (Å²) in [6.45, 7) is 0.936. The molecule has 0 spiro atoms. The number of hydrogen-bond acceptors (Lipinski definition) is 3. The van der Waals surface area contributed by atoms with Gasteiger partial charge in [-0.25, -0.2) is 13.1 Å². The van der Waals surface area contributed by atoms with E-state index in [9.17, 15) is 13.2 Å². The molecule has 7 heteroatoms. The second kappa shape index (κ2) is 6.89. The van der Waals surface area contributed by atoms with Crippen LogP contribution in [-0.4, -0.2) is 44.6 Å². The maximum Gasteiger partial charge on any atom is 0.255 e. The second-order valence-corrected chi connectivity index (χ2v) is 7.94. The SMILES string of the molecule is CS(=O)(=O)NCC1CCCCN1C(=O)c1ccccc1Br. The summed E-state index contributed by atoms with van der Waals surface area (Å²) in [5, 5.41) is 0. The van der Waals surface area contributed by atoms with E-state index in [4.69, 9.17) is 0 Å². The molecule has 1 fully saturated rings. The van der Waals surface area contributed by atoms with Crippen LogP contribution in [0.4, 0.5) is 0 Å². The minimum atomic E-state index is -3.24. The number of hydrogen-bond donors (Lipinski definition) is 1. The summed E-state index contributed by atoms with van der Waals surface area (Å²) >= 11 is 3.40. The number of nitrogens with zero attached hydrogens (tertiary/aromatic N) is 1. The minimum Gasteiger partial charge on any atom is -0.334 e. The van der Waals surface area contributed by atoms with E-state index in [1.54, 1.807) is 11.0 Å². The zero-order valence-corrected chi connectivity index (χ0v) is 14.3. The van der Waals surface area contributed by atoms with E-state index in [1.165, 1.54) is 0 Å². The molecule has 0 bridgehead atoms. The summed E-state index contributed by atoms with van der Waals surface area (Å²) in [7, 11) is -3.24. The molecule has 1 amide bonds. The van der Waals surface area contributed by atoms with Crippen LogP contribution in [-0.2, 0) is 10.0 Å². The van der Waals surface area contributed by atoms with Crippen LogP contribution in [0.2, 0.25) is 0 Å². The van der Waals surface area contributed by atoms with Gasteiger partial charge >= 0.3 is 0 Å². The van der Waals surface area contributed by atoms with Crippen molar-refractivity contribution in [1.82, 2.24) is 9.62 Å². The molecule has 1 aromatic carbocycles. The van der Waals surface area contributed by atoms with E-state index in [1.807, 2.05) is 18.2 Å². The van der Waals surface area contributed by atoms with Crippen LogP contribution in [0.3, 0.4) is 0 Å². The summed E-state index contributed by atoms with van der Waals surface area (Å²) in [6, 6.07) is 7.21. The Balaban J connectivity index is 2.15. The molecule has 5 nitrogen and oxygen atoms in total. The summed E-state index contributed by atoms with van der Waals surface area (Å²) < 4.78 is 25.8. The number of carbonyl (C=O) groups excluding carboxylic acids is 1. The summed E-state index contributed by atoms with van der Waals surface area (Å²) in [6.07, 6.45) is 3.91.